The molecule has 0 aromatic heterocycles. The number of amides is 3. The van der Waals surface area contributed by atoms with E-state index in [1.807, 2.05) is 0 Å². The van der Waals surface area contributed by atoms with Crippen LogP contribution in [0.1, 0.15) is 29.8 Å². The summed E-state index contributed by atoms with van der Waals surface area (Å²) in [6.07, 6.45) is 0. The second kappa shape index (κ2) is 6.46. The van der Waals surface area contributed by atoms with E-state index >= 15 is 0 Å². The second-order valence-electron chi connectivity index (χ2n) is 6.87. The fraction of sp³-hybridized carbons (Fsp3) is 0.200. The van der Waals surface area contributed by atoms with Gasteiger partial charge in [0.1, 0.15) is 11.4 Å². The van der Waals surface area contributed by atoms with Crippen LogP contribution in [0.15, 0.2) is 36.4 Å². The largest absolute Gasteiger partial charge is 0.478 e. The van der Waals surface area contributed by atoms with Crippen LogP contribution in [0.5, 0.6) is 0 Å². The number of aryl methyl sites for hydroxylation is 1. The molecule has 1 aliphatic rings. The Kier molecular flexibility index (Phi) is 4.39. The molecule has 8 heteroatoms. The Balaban J connectivity index is 2.08. The Morgan fingerprint density at radius 3 is 2.32 bits per heavy atom. The highest BCUT2D eigenvalue weighted by Gasteiger charge is 2.52. The maximum Gasteiger partial charge on any atom is 0.338 e. The van der Waals surface area contributed by atoms with E-state index in [0.717, 1.165) is 21.9 Å². The van der Waals surface area contributed by atoms with Gasteiger partial charge in [-0.1, -0.05) is 6.07 Å². The number of nitrogens with zero attached hydrogens (tertiary/aromatic N) is 3. The SMILES string of the molecule is [C-]#[N+]c1ccc(N2C(=O)N(c3ccc(C(=O)O)c(F)c3)C(C)(C)C2=O)cc1C. The third-order valence-electron chi connectivity index (χ3n) is 4.67. The van der Waals surface area contributed by atoms with Gasteiger partial charge in [0.25, 0.3) is 5.91 Å². The van der Waals surface area contributed by atoms with Gasteiger partial charge in [0, 0.05) is 5.69 Å². The molecule has 2 aromatic rings. The van der Waals surface area contributed by atoms with E-state index < -0.39 is 34.8 Å². The Bertz CT molecular complexity index is 1070. The third-order valence-corrected chi connectivity index (χ3v) is 4.67. The minimum atomic E-state index is -1.43. The smallest absolute Gasteiger partial charge is 0.338 e. The quantitative estimate of drug-likeness (QED) is 0.640. The lowest BCUT2D eigenvalue weighted by atomic mass is 10.0. The minimum Gasteiger partial charge on any atom is -0.478 e. The topological polar surface area (TPSA) is 82.3 Å². The molecule has 0 bridgehead atoms. The molecule has 1 N–H and O–H groups in total. The van der Waals surface area contributed by atoms with Crippen LogP contribution < -0.4 is 9.80 Å². The number of imide groups is 1. The van der Waals surface area contributed by atoms with Crippen molar-refractivity contribution >= 4 is 35.0 Å². The highest BCUT2D eigenvalue weighted by molar-refractivity contribution is 6.30. The van der Waals surface area contributed by atoms with Gasteiger partial charge in [-0.2, -0.15) is 0 Å². The van der Waals surface area contributed by atoms with E-state index in [9.17, 15) is 18.8 Å². The molecule has 0 atom stereocenters. The molecule has 1 aliphatic heterocycles. The molecule has 1 fully saturated rings. The second-order valence-corrected chi connectivity index (χ2v) is 6.87. The lowest BCUT2D eigenvalue weighted by molar-refractivity contribution is -0.120. The highest BCUT2D eigenvalue weighted by atomic mass is 19.1. The summed E-state index contributed by atoms with van der Waals surface area (Å²) in [5.74, 6) is -2.95. The molecule has 1 saturated heterocycles. The summed E-state index contributed by atoms with van der Waals surface area (Å²) in [6.45, 7) is 11.9. The van der Waals surface area contributed by atoms with E-state index in [-0.39, 0.29) is 5.69 Å². The van der Waals surface area contributed by atoms with Crippen molar-refractivity contribution in [2.24, 2.45) is 0 Å². The molecule has 0 saturated carbocycles. The van der Waals surface area contributed by atoms with Crippen LogP contribution in [0.3, 0.4) is 0 Å². The third kappa shape index (κ3) is 2.77. The number of carboxylic acid groups (broad SMARTS) is 1. The predicted octanol–water partition coefficient (Wildman–Crippen LogP) is 4.13. The maximum absolute atomic E-state index is 14.1. The number of hydrogen-bond acceptors (Lipinski definition) is 3. The average Bonchev–Trinajstić information content (AvgIpc) is 2.79. The number of carbonyl (C=O) groups excluding carboxylic acids is 2. The fourth-order valence-electron chi connectivity index (χ4n) is 3.18. The number of rotatable bonds is 3. The molecule has 28 heavy (non-hydrogen) atoms. The monoisotopic (exact) mass is 381 g/mol. The summed E-state index contributed by atoms with van der Waals surface area (Å²) in [5, 5.41) is 8.97. The van der Waals surface area contributed by atoms with Crippen molar-refractivity contribution in [1.82, 2.24) is 0 Å². The Hall–Kier alpha value is -3.73. The fourth-order valence-corrected chi connectivity index (χ4v) is 3.18. The number of urea groups is 1. The molecule has 0 unspecified atom stereocenters. The van der Waals surface area contributed by atoms with Crippen LogP contribution >= 0.6 is 0 Å². The van der Waals surface area contributed by atoms with Crippen LogP contribution in [0, 0.1) is 19.3 Å². The first kappa shape index (κ1) is 19.0. The summed E-state index contributed by atoms with van der Waals surface area (Å²) >= 11 is 0. The van der Waals surface area contributed by atoms with Crippen molar-refractivity contribution < 1.29 is 23.9 Å². The summed E-state index contributed by atoms with van der Waals surface area (Å²) in [6, 6.07) is 7.17. The zero-order valence-corrected chi connectivity index (χ0v) is 15.4. The number of hydrogen-bond donors (Lipinski definition) is 1. The number of anilines is 2. The molecule has 7 nitrogen and oxygen atoms in total. The van der Waals surface area contributed by atoms with Gasteiger partial charge in [0.2, 0.25) is 0 Å². The lowest BCUT2D eigenvalue weighted by Crippen LogP contribution is -2.44. The average molecular weight is 381 g/mol. The van der Waals surface area contributed by atoms with Gasteiger partial charge in [-0.15, -0.1) is 0 Å². The molecular weight excluding hydrogens is 365 g/mol. The first-order chi connectivity index (χ1) is 13.1. The Labute approximate surface area is 160 Å². The Morgan fingerprint density at radius 2 is 1.79 bits per heavy atom. The molecule has 2 aromatic carbocycles. The van der Waals surface area contributed by atoms with E-state index in [1.54, 1.807) is 13.0 Å². The summed E-state index contributed by atoms with van der Waals surface area (Å²) in [4.78, 5) is 42.5. The van der Waals surface area contributed by atoms with Gasteiger partial charge in [0.15, 0.2) is 5.69 Å². The van der Waals surface area contributed by atoms with E-state index in [1.165, 1.54) is 32.0 Å². The van der Waals surface area contributed by atoms with Crippen molar-refractivity contribution in [3.05, 3.63) is 64.8 Å². The zero-order valence-electron chi connectivity index (χ0n) is 15.4. The van der Waals surface area contributed by atoms with Crippen molar-refractivity contribution in [2.75, 3.05) is 9.80 Å². The molecule has 0 radical (unpaired) electrons. The standard InChI is InChI=1S/C20H16FN3O4/c1-11-9-12(6-8-16(11)22-4)23-18(27)20(2,3)24(19(23)28)13-5-7-14(17(25)26)15(21)10-13/h5-10H,1-3H3,(H,25,26). The molecule has 3 amide bonds. The van der Waals surface area contributed by atoms with Gasteiger partial charge in [-0.25, -0.2) is 23.7 Å². The number of benzene rings is 2. The predicted molar refractivity (Wildman–Crippen MR) is 100 cm³/mol. The first-order valence-electron chi connectivity index (χ1n) is 8.29. The van der Waals surface area contributed by atoms with Crippen LogP contribution in [-0.2, 0) is 4.79 Å². The lowest BCUT2D eigenvalue weighted by Gasteiger charge is -2.27. The number of aromatic carboxylic acids is 1. The van der Waals surface area contributed by atoms with Gasteiger partial charge in [-0.3, -0.25) is 9.69 Å². The number of carboxylic acids is 1. The van der Waals surface area contributed by atoms with Crippen LogP contribution in [0.2, 0.25) is 0 Å². The molecular formula is C20H16FN3O4. The molecule has 0 aliphatic carbocycles. The molecule has 142 valence electrons. The summed E-state index contributed by atoms with van der Waals surface area (Å²) in [5.41, 5.74) is -0.449. The van der Waals surface area contributed by atoms with Crippen LogP contribution in [0.25, 0.3) is 4.85 Å². The van der Waals surface area contributed by atoms with Crippen molar-refractivity contribution in [3.63, 3.8) is 0 Å². The number of carbonyl (C=O) groups is 3. The highest BCUT2D eigenvalue weighted by Crippen LogP contribution is 2.37. The van der Waals surface area contributed by atoms with Gasteiger partial charge in [0.05, 0.1) is 17.8 Å². The Morgan fingerprint density at radius 1 is 1.14 bits per heavy atom. The van der Waals surface area contributed by atoms with Crippen molar-refractivity contribution in [1.29, 1.82) is 0 Å². The first-order valence-corrected chi connectivity index (χ1v) is 8.29. The normalized spacial score (nSPS) is 15.7. The molecule has 3 rings (SSSR count). The van der Waals surface area contributed by atoms with Gasteiger partial charge < -0.3 is 5.11 Å². The van der Waals surface area contributed by atoms with Crippen molar-refractivity contribution in [2.45, 2.75) is 26.3 Å². The maximum atomic E-state index is 14.1. The molecule has 1 heterocycles. The van der Waals surface area contributed by atoms with Gasteiger partial charge in [-0.05, 0) is 56.7 Å². The van der Waals surface area contributed by atoms with E-state index in [2.05, 4.69) is 4.85 Å². The van der Waals surface area contributed by atoms with E-state index in [4.69, 9.17) is 11.7 Å². The number of halogens is 1. The molecule has 0 spiro atoms. The summed E-state index contributed by atoms with van der Waals surface area (Å²) in [7, 11) is 0. The minimum absolute atomic E-state index is 0.0721. The van der Waals surface area contributed by atoms with E-state index in [0.29, 0.717) is 16.9 Å². The van der Waals surface area contributed by atoms with Crippen molar-refractivity contribution in [3.8, 4) is 0 Å². The van der Waals surface area contributed by atoms with Gasteiger partial charge >= 0.3 is 12.0 Å². The van der Waals surface area contributed by atoms with Crippen LogP contribution in [0.4, 0.5) is 26.2 Å². The van der Waals surface area contributed by atoms with Crippen LogP contribution in [-0.4, -0.2) is 28.6 Å². The zero-order chi connectivity index (χ0) is 20.8. The summed E-state index contributed by atoms with van der Waals surface area (Å²) < 4.78 is 14.1.